The van der Waals surface area contributed by atoms with Crippen LogP contribution in [0, 0.1) is 0 Å². The molecular weight excluding hydrogens is 240 g/mol. The first-order chi connectivity index (χ1) is 8.07. The number of nitrogens with one attached hydrogen (secondary N) is 1. The van der Waals surface area contributed by atoms with Crippen molar-refractivity contribution in [3.63, 3.8) is 0 Å². The molecule has 1 aromatic rings. The van der Waals surface area contributed by atoms with Crippen LogP contribution in [0.3, 0.4) is 0 Å². The average molecular weight is 260 g/mol. The van der Waals surface area contributed by atoms with E-state index in [4.69, 9.17) is 5.73 Å². The Morgan fingerprint density at radius 1 is 1.47 bits per heavy atom. The van der Waals surface area contributed by atoms with Crippen molar-refractivity contribution in [3.05, 3.63) is 12.3 Å². The Bertz CT molecular complexity index is 412. The number of rotatable bonds is 7. The SMILES string of the molecule is CCC(CC)N(CCN)S(=O)(=O)c1ccn[nH]1. The number of hydrogen-bond acceptors (Lipinski definition) is 4. The molecule has 0 saturated heterocycles. The van der Waals surface area contributed by atoms with Gasteiger partial charge in [-0.1, -0.05) is 13.8 Å². The van der Waals surface area contributed by atoms with Gasteiger partial charge >= 0.3 is 0 Å². The van der Waals surface area contributed by atoms with Gasteiger partial charge in [0.15, 0.2) is 5.03 Å². The van der Waals surface area contributed by atoms with Crippen molar-refractivity contribution in [2.45, 2.75) is 37.8 Å². The smallest absolute Gasteiger partial charge is 0.260 e. The molecule has 0 spiro atoms. The summed E-state index contributed by atoms with van der Waals surface area (Å²) in [5.74, 6) is 0. The lowest BCUT2D eigenvalue weighted by Gasteiger charge is -2.28. The van der Waals surface area contributed by atoms with E-state index in [-0.39, 0.29) is 11.1 Å². The predicted octanol–water partition coefficient (Wildman–Crippen LogP) is 0.548. The Morgan fingerprint density at radius 2 is 2.12 bits per heavy atom. The predicted molar refractivity (Wildman–Crippen MR) is 65.9 cm³/mol. The van der Waals surface area contributed by atoms with Crippen LogP contribution in [0.5, 0.6) is 0 Å². The summed E-state index contributed by atoms with van der Waals surface area (Å²) >= 11 is 0. The van der Waals surface area contributed by atoms with E-state index in [1.807, 2.05) is 13.8 Å². The Morgan fingerprint density at radius 3 is 2.53 bits per heavy atom. The van der Waals surface area contributed by atoms with Gasteiger partial charge in [0.25, 0.3) is 10.0 Å². The van der Waals surface area contributed by atoms with E-state index in [1.165, 1.54) is 16.6 Å². The fourth-order valence-corrected chi connectivity index (χ4v) is 3.53. The lowest BCUT2D eigenvalue weighted by Crippen LogP contribution is -2.42. The van der Waals surface area contributed by atoms with Crippen molar-refractivity contribution in [2.75, 3.05) is 13.1 Å². The summed E-state index contributed by atoms with van der Waals surface area (Å²) in [5.41, 5.74) is 5.49. The van der Waals surface area contributed by atoms with Gasteiger partial charge in [0, 0.05) is 19.1 Å². The zero-order valence-corrected chi connectivity index (χ0v) is 11.1. The van der Waals surface area contributed by atoms with Crippen molar-refractivity contribution in [3.8, 4) is 0 Å². The van der Waals surface area contributed by atoms with Crippen molar-refractivity contribution in [2.24, 2.45) is 5.73 Å². The van der Waals surface area contributed by atoms with Gasteiger partial charge in [-0.25, -0.2) is 8.42 Å². The highest BCUT2D eigenvalue weighted by molar-refractivity contribution is 7.89. The van der Waals surface area contributed by atoms with E-state index in [1.54, 1.807) is 0 Å². The number of aromatic amines is 1. The minimum absolute atomic E-state index is 0.0214. The number of nitrogens with zero attached hydrogens (tertiary/aromatic N) is 2. The second-order valence-corrected chi connectivity index (χ2v) is 5.65. The third-order valence-electron chi connectivity index (χ3n) is 2.76. The molecule has 0 radical (unpaired) electrons. The van der Waals surface area contributed by atoms with Crippen molar-refractivity contribution in [1.82, 2.24) is 14.5 Å². The average Bonchev–Trinajstić information content (AvgIpc) is 2.83. The second kappa shape index (κ2) is 6.13. The quantitative estimate of drug-likeness (QED) is 0.748. The van der Waals surface area contributed by atoms with Crippen LogP contribution >= 0.6 is 0 Å². The monoisotopic (exact) mass is 260 g/mol. The summed E-state index contributed by atoms with van der Waals surface area (Å²) in [6, 6.07) is 1.44. The molecule has 1 rings (SSSR count). The van der Waals surface area contributed by atoms with E-state index in [2.05, 4.69) is 10.2 Å². The molecule has 0 amide bonds. The highest BCUT2D eigenvalue weighted by Gasteiger charge is 2.29. The number of nitrogens with two attached hydrogens (primary N) is 1. The van der Waals surface area contributed by atoms with Crippen LogP contribution in [0.1, 0.15) is 26.7 Å². The van der Waals surface area contributed by atoms with Gasteiger partial charge < -0.3 is 5.73 Å². The molecule has 0 bridgehead atoms. The molecule has 0 saturated carbocycles. The molecule has 3 N–H and O–H groups in total. The topological polar surface area (TPSA) is 92.1 Å². The maximum absolute atomic E-state index is 12.3. The zero-order valence-electron chi connectivity index (χ0n) is 10.3. The fourth-order valence-electron chi connectivity index (χ4n) is 1.84. The molecular formula is C10H20N4O2S. The summed E-state index contributed by atoms with van der Waals surface area (Å²) in [6.45, 7) is 4.58. The highest BCUT2D eigenvalue weighted by Crippen LogP contribution is 2.18. The van der Waals surface area contributed by atoms with E-state index in [0.29, 0.717) is 13.1 Å². The molecule has 0 aliphatic heterocycles. The molecule has 98 valence electrons. The normalized spacial score (nSPS) is 12.5. The number of aromatic nitrogens is 2. The Hall–Kier alpha value is -0.920. The number of sulfonamides is 1. The van der Waals surface area contributed by atoms with Gasteiger partial charge in [0.2, 0.25) is 0 Å². The van der Waals surface area contributed by atoms with Crippen LogP contribution in [0.4, 0.5) is 0 Å². The molecule has 1 aromatic heterocycles. The third kappa shape index (κ3) is 3.05. The van der Waals surface area contributed by atoms with Crippen LogP contribution in [-0.4, -0.2) is 42.1 Å². The van der Waals surface area contributed by atoms with Crippen LogP contribution in [0.2, 0.25) is 0 Å². The molecule has 0 fully saturated rings. The van der Waals surface area contributed by atoms with Gasteiger partial charge in [-0.15, -0.1) is 0 Å². The Kier molecular flexibility index (Phi) is 5.10. The first-order valence-corrected chi connectivity index (χ1v) is 7.23. The van der Waals surface area contributed by atoms with Crippen LogP contribution in [0.25, 0.3) is 0 Å². The van der Waals surface area contributed by atoms with Gasteiger partial charge in [-0.2, -0.15) is 9.40 Å². The van der Waals surface area contributed by atoms with E-state index < -0.39 is 10.0 Å². The molecule has 0 aliphatic rings. The Balaban J connectivity index is 3.06. The maximum Gasteiger partial charge on any atom is 0.260 e. The lowest BCUT2D eigenvalue weighted by atomic mass is 10.2. The molecule has 0 aliphatic carbocycles. The first-order valence-electron chi connectivity index (χ1n) is 5.79. The summed E-state index contributed by atoms with van der Waals surface area (Å²) in [6.07, 6.45) is 2.97. The summed E-state index contributed by atoms with van der Waals surface area (Å²) in [4.78, 5) is 0. The number of H-pyrrole nitrogens is 1. The Labute approximate surface area is 102 Å². The van der Waals surface area contributed by atoms with E-state index >= 15 is 0 Å². The van der Waals surface area contributed by atoms with E-state index in [0.717, 1.165) is 12.8 Å². The lowest BCUT2D eigenvalue weighted by molar-refractivity contribution is 0.308. The largest absolute Gasteiger partial charge is 0.329 e. The van der Waals surface area contributed by atoms with E-state index in [9.17, 15) is 8.42 Å². The summed E-state index contributed by atoms with van der Waals surface area (Å²) in [7, 11) is -3.51. The van der Waals surface area contributed by atoms with Gasteiger partial charge in [-0.3, -0.25) is 5.10 Å². The summed E-state index contributed by atoms with van der Waals surface area (Å²) < 4.78 is 26.1. The standard InChI is InChI=1S/C10H20N4O2S/c1-3-9(4-2)14(8-6-11)17(15,16)10-5-7-12-13-10/h5,7,9H,3-4,6,8,11H2,1-2H3,(H,12,13). The molecule has 0 aromatic carbocycles. The molecule has 1 heterocycles. The molecule has 6 nitrogen and oxygen atoms in total. The molecule has 0 atom stereocenters. The van der Waals surface area contributed by atoms with Gasteiger partial charge in [0.1, 0.15) is 0 Å². The first kappa shape index (κ1) is 14.1. The van der Waals surface area contributed by atoms with Crippen molar-refractivity contribution < 1.29 is 8.42 Å². The van der Waals surface area contributed by atoms with Gasteiger partial charge in [-0.05, 0) is 18.9 Å². The third-order valence-corrected chi connectivity index (χ3v) is 4.64. The number of hydrogen-bond donors (Lipinski definition) is 2. The van der Waals surface area contributed by atoms with Crippen molar-refractivity contribution in [1.29, 1.82) is 0 Å². The molecule has 7 heteroatoms. The van der Waals surface area contributed by atoms with Gasteiger partial charge in [0.05, 0.1) is 6.20 Å². The fraction of sp³-hybridized carbons (Fsp3) is 0.700. The van der Waals surface area contributed by atoms with Crippen LogP contribution in [-0.2, 0) is 10.0 Å². The minimum Gasteiger partial charge on any atom is -0.329 e. The maximum atomic E-state index is 12.3. The molecule has 0 unspecified atom stereocenters. The van der Waals surface area contributed by atoms with Crippen LogP contribution in [0.15, 0.2) is 17.3 Å². The summed E-state index contributed by atoms with van der Waals surface area (Å²) in [5, 5.41) is 6.30. The van der Waals surface area contributed by atoms with Crippen LogP contribution < -0.4 is 5.73 Å². The minimum atomic E-state index is -3.51. The second-order valence-electron chi connectivity index (χ2n) is 3.80. The highest BCUT2D eigenvalue weighted by atomic mass is 32.2. The molecule has 17 heavy (non-hydrogen) atoms. The van der Waals surface area contributed by atoms with Crippen molar-refractivity contribution >= 4 is 10.0 Å². The zero-order chi connectivity index (χ0) is 12.9.